The predicted octanol–water partition coefficient (Wildman–Crippen LogP) is 4.02. The number of fused-ring (bicyclic) bond motifs is 2. The van der Waals surface area contributed by atoms with Gasteiger partial charge in [-0.25, -0.2) is 9.37 Å². The standard InChI is InChI=1S/C16H11ClF3N5O/c1-26-12-3-2-11-14(23-12)25(15(22-11)16(19,20)7-18)9-4-8-6-21-24-13(8)10(17)5-9/h2-6H,7H2,1H3,(H,21,24). The van der Waals surface area contributed by atoms with E-state index in [1.54, 1.807) is 6.07 Å². The number of hydrogen-bond donors (Lipinski definition) is 1. The minimum Gasteiger partial charge on any atom is -0.481 e. The molecule has 0 aliphatic carbocycles. The maximum atomic E-state index is 14.2. The van der Waals surface area contributed by atoms with Gasteiger partial charge in [-0.1, -0.05) is 11.6 Å². The number of aromatic nitrogens is 5. The number of nitrogens with zero attached hydrogens (tertiary/aromatic N) is 4. The summed E-state index contributed by atoms with van der Waals surface area (Å²) in [6.07, 6.45) is 1.50. The van der Waals surface area contributed by atoms with Crippen LogP contribution < -0.4 is 4.74 Å². The van der Waals surface area contributed by atoms with Crippen molar-refractivity contribution in [2.24, 2.45) is 0 Å². The summed E-state index contributed by atoms with van der Waals surface area (Å²) in [5.74, 6) is -4.36. The second-order valence-electron chi connectivity index (χ2n) is 5.57. The minimum atomic E-state index is -3.80. The van der Waals surface area contributed by atoms with E-state index in [0.717, 1.165) is 4.57 Å². The van der Waals surface area contributed by atoms with Gasteiger partial charge in [0.1, 0.15) is 5.52 Å². The molecule has 0 aliphatic rings. The average Bonchev–Trinajstić information content (AvgIpc) is 3.25. The van der Waals surface area contributed by atoms with Crippen molar-refractivity contribution in [2.45, 2.75) is 5.92 Å². The van der Waals surface area contributed by atoms with Crippen LogP contribution in [0.2, 0.25) is 5.02 Å². The van der Waals surface area contributed by atoms with Crippen LogP contribution in [0, 0.1) is 0 Å². The molecular formula is C16H11ClF3N5O. The van der Waals surface area contributed by atoms with Gasteiger partial charge in [0, 0.05) is 11.5 Å². The molecule has 0 spiro atoms. The fraction of sp³-hybridized carbons (Fsp3) is 0.188. The molecular weight excluding hydrogens is 371 g/mol. The highest BCUT2D eigenvalue weighted by Gasteiger charge is 2.39. The van der Waals surface area contributed by atoms with Crippen molar-refractivity contribution in [3.63, 3.8) is 0 Å². The quantitative estimate of drug-likeness (QED) is 0.579. The third-order valence-corrected chi connectivity index (χ3v) is 4.22. The molecule has 6 nitrogen and oxygen atoms in total. The molecule has 0 aliphatic heterocycles. The Morgan fingerprint density at radius 3 is 2.81 bits per heavy atom. The van der Waals surface area contributed by atoms with Crippen LogP contribution in [0.15, 0.2) is 30.5 Å². The number of ether oxygens (including phenoxy) is 1. The SMILES string of the molecule is COc1ccc2nc(C(F)(F)CF)n(-c3cc(Cl)c4[nH]ncc4c3)c2n1. The Morgan fingerprint density at radius 2 is 2.08 bits per heavy atom. The van der Waals surface area contributed by atoms with Crippen molar-refractivity contribution >= 4 is 33.7 Å². The number of alkyl halides is 3. The molecule has 0 bridgehead atoms. The summed E-state index contributed by atoms with van der Waals surface area (Å²) >= 11 is 6.22. The van der Waals surface area contributed by atoms with Crippen LogP contribution in [-0.2, 0) is 5.92 Å². The van der Waals surface area contributed by atoms with Crippen molar-refractivity contribution in [1.29, 1.82) is 0 Å². The summed E-state index contributed by atoms with van der Waals surface area (Å²) in [5, 5.41) is 7.48. The first kappa shape index (κ1) is 16.6. The number of hydrogen-bond acceptors (Lipinski definition) is 4. The fourth-order valence-electron chi connectivity index (χ4n) is 2.73. The number of imidazole rings is 1. The average molecular weight is 382 g/mol. The highest BCUT2D eigenvalue weighted by atomic mass is 35.5. The number of halogens is 4. The first-order chi connectivity index (χ1) is 12.4. The van der Waals surface area contributed by atoms with Gasteiger partial charge in [0.05, 0.1) is 29.5 Å². The highest BCUT2D eigenvalue weighted by molar-refractivity contribution is 6.35. The van der Waals surface area contributed by atoms with Gasteiger partial charge >= 0.3 is 5.92 Å². The molecule has 1 N–H and O–H groups in total. The highest BCUT2D eigenvalue weighted by Crippen LogP contribution is 2.35. The topological polar surface area (TPSA) is 68.6 Å². The van der Waals surface area contributed by atoms with Crippen molar-refractivity contribution in [3.05, 3.63) is 41.3 Å². The predicted molar refractivity (Wildman–Crippen MR) is 89.9 cm³/mol. The Balaban J connectivity index is 2.08. The first-order valence-electron chi connectivity index (χ1n) is 7.45. The van der Waals surface area contributed by atoms with E-state index in [0.29, 0.717) is 10.9 Å². The number of pyridine rings is 1. The van der Waals surface area contributed by atoms with Crippen LogP contribution in [0.3, 0.4) is 0 Å². The summed E-state index contributed by atoms with van der Waals surface area (Å²) in [4.78, 5) is 8.08. The second kappa shape index (κ2) is 5.87. The molecule has 3 aromatic heterocycles. The Kier molecular flexibility index (Phi) is 3.76. The molecule has 134 valence electrons. The molecule has 0 fully saturated rings. The Labute approximate surface area is 149 Å². The van der Waals surface area contributed by atoms with Gasteiger partial charge < -0.3 is 4.74 Å². The Bertz CT molecular complexity index is 1120. The number of benzene rings is 1. The largest absolute Gasteiger partial charge is 0.481 e. The van der Waals surface area contributed by atoms with Crippen LogP contribution in [-0.4, -0.2) is 38.5 Å². The minimum absolute atomic E-state index is 0.103. The van der Waals surface area contributed by atoms with E-state index >= 15 is 0 Å². The number of methoxy groups -OCH3 is 1. The zero-order valence-corrected chi connectivity index (χ0v) is 14.1. The molecule has 0 atom stereocenters. The molecule has 0 radical (unpaired) electrons. The normalized spacial score (nSPS) is 12.2. The first-order valence-corrected chi connectivity index (χ1v) is 7.83. The smallest absolute Gasteiger partial charge is 0.332 e. The van der Waals surface area contributed by atoms with E-state index in [1.165, 1.54) is 31.5 Å². The Morgan fingerprint density at radius 1 is 1.27 bits per heavy atom. The van der Waals surface area contributed by atoms with Crippen LogP contribution in [0.4, 0.5) is 13.2 Å². The summed E-state index contributed by atoms with van der Waals surface area (Å²) in [6.45, 7) is -1.89. The van der Waals surface area contributed by atoms with Crippen LogP contribution in [0.25, 0.3) is 27.8 Å². The summed E-state index contributed by atoms with van der Waals surface area (Å²) < 4.78 is 47.6. The van der Waals surface area contributed by atoms with E-state index < -0.39 is 18.4 Å². The third-order valence-electron chi connectivity index (χ3n) is 3.93. The molecule has 3 heterocycles. The van der Waals surface area contributed by atoms with Gasteiger partial charge in [-0.05, 0) is 18.2 Å². The molecule has 4 rings (SSSR count). The van der Waals surface area contributed by atoms with Crippen molar-refractivity contribution in [3.8, 4) is 11.6 Å². The van der Waals surface area contributed by atoms with Crippen molar-refractivity contribution < 1.29 is 17.9 Å². The Hall–Kier alpha value is -2.81. The van der Waals surface area contributed by atoms with Crippen LogP contribution in [0.5, 0.6) is 5.88 Å². The summed E-state index contributed by atoms with van der Waals surface area (Å²) in [6, 6.07) is 6.02. The van der Waals surface area contributed by atoms with E-state index in [9.17, 15) is 13.2 Å². The second-order valence-corrected chi connectivity index (χ2v) is 5.97. The van der Waals surface area contributed by atoms with Gasteiger partial charge in [0.25, 0.3) is 0 Å². The number of nitrogens with one attached hydrogen (secondary N) is 1. The number of rotatable bonds is 4. The van der Waals surface area contributed by atoms with Crippen LogP contribution >= 0.6 is 11.6 Å². The molecule has 1 aromatic carbocycles. The number of aromatic amines is 1. The molecule has 26 heavy (non-hydrogen) atoms. The maximum Gasteiger partial charge on any atom is 0.332 e. The molecule has 0 unspecified atom stereocenters. The zero-order chi connectivity index (χ0) is 18.5. The lowest BCUT2D eigenvalue weighted by atomic mass is 10.2. The molecule has 10 heteroatoms. The van der Waals surface area contributed by atoms with E-state index in [1.807, 2.05) is 0 Å². The van der Waals surface area contributed by atoms with Gasteiger partial charge in [-0.3, -0.25) is 9.67 Å². The van der Waals surface area contributed by atoms with Crippen molar-refractivity contribution in [2.75, 3.05) is 13.8 Å². The lowest BCUT2D eigenvalue weighted by Gasteiger charge is -2.15. The molecule has 0 saturated carbocycles. The van der Waals surface area contributed by atoms with Crippen molar-refractivity contribution in [1.82, 2.24) is 24.7 Å². The van der Waals surface area contributed by atoms with Gasteiger partial charge in [0.2, 0.25) is 5.88 Å². The fourth-order valence-corrected chi connectivity index (χ4v) is 2.99. The number of H-pyrrole nitrogens is 1. The molecule has 0 saturated heterocycles. The molecule has 4 aromatic rings. The maximum absolute atomic E-state index is 14.2. The lowest BCUT2D eigenvalue weighted by Crippen LogP contribution is -2.21. The zero-order valence-electron chi connectivity index (χ0n) is 13.3. The molecule has 0 amide bonds. The third kappa shape index (κ3) is 2.47. The van der Waals surface area contributed by atoms with Gasteiger partial charge in [0.15, 0.2) is 18.1 Å². The van der Waals surface area contributed by atoms with E-state index in [-0.39, 0.29) is 27.8 Å². The van der Waals surface area contributed by atoms with E-state index in [4.69, 9.17) is 16.3 Å². The lowest BCUT2D eigenvalue weighted by molar-refractivity contribution is -0.0374. The summed E-state index contributed by atoms with van der Waals surface area (Å²) in [5.41, 5.74) is 1.10. The van der Waals surface area contributed by atoms with Gasteiger partial charge in [-0.2, -0.15) is 18.9 Å². The van der Waals surface area contributed by atoms with Crippen LogP contribution in [0.1, 0.15) is 5.82 Å². The monoisotopic (exact) mass is 381 g/mol. The van der Waals surface area contributed by atoms with E-state index in [2.05, 4.69) is 20.2 Å². The summed E-state index contributed by atoms with van der Waals surface area (Å²) in [7, 11) is 1.40. The van der Waals surface area contributed by atoms with Gasteiger partial charge in [-0.15, -0.1) is 0 Å².